The van der Waals surface area contributed by atoms with E-state index < -0.39 is 80.5 Å². The number of hydrogen-bond acceptors (Lipinski definition) is 17. The van der Waals surface area contributed by atoms with Crippen LogP contribution in [-0.2, 0) is 62.5 Å². The molecule has 4 aromatic carbocycles. The molecule has 1 aromatic heterocycles. The number of aryl methyl sites for hydroxylation is 3. The van der Waals surface area contributed by atoms with Crippen molar-refractivity contribution in [3.05, 3.63) is 126 Å². The molecule has 2 atom stereocenters. The third kappa shape index (κ3) is 21.2. The van der Waals surface area contributed by atoms with Crippen molar-refractivity contribution in [2.75, 3.05) is 61.7 Å². The molecule has 488 valence electrons. The van der Waals surface area contributed by atoms with Crippen molar-refractivity contribution in [2.24, 2.45) is 5.92 Å². The number of amides is 2. The summed E-state index contributed by atoms with van der Waals surface area (Å²) in [6.45, 7) is 9.22. The number of methoxy groups -OCH3 is 1. The Bertz CT molecular complexity index is 3690. The first-order valence-corrected chi connectivity index (χ1v) is 33.3. The Morgan fingerprint density at radius 3 is 2.21 bits per heavy atom. The van der Waals surface area contributed by atoms with Gasteiger partial charge in [0, 0.05) is 51.3 Å². The van der Waals surface area contributed by atoms with Crippen LogP contribution in [0.2, 0.25) is 10.0 Å². The second kappa shape index (κ2) is 35.2. The fourth-order valence-corrected chi connectivity index (χ4v) is 11.2. The molecule has 0 radical (unpaired) electrons. The molecule has 3 aliphatic rings. The molecule has 8 rings (SSSR count). The summed E-state index contributed by atoms with van der Waals surface area (Å²) in [5.41, 5.74) is 2.99. The summed E-state index contributed by atoms with van der Waals surface area (Å²) in [5, 5.41) is 26.2. The van der Waals surface area contributed by atoms with Crippen LogP contribution in [0.3, 0.4) is 0 Å². The number of nitro groups is 1. The number of anilines is 2. The number of fused-ring (bicyclic) bond motifs is 2. The largest absolute Gasteiger partial charge is 0.489 e. The van der Waals surface area contributed by atoms with E-state index in [1.165, 1.54) is 10.7 Å². The molecule has 0 spiro atoms. The lowest BCUT2D eigenvalue weighted by Gasteiger charge is -2.35. The van der Waals surface area contributed by atoms with Gasteiger partial charge in [-0.1, -0.05) is 89.6 Å². The summed E-state index contributed by atoms with van der Waals surface area (Å²) < 4.78 is 52.0. The summed E-state index contributed by atoms with van der Waals surface area (Å²) in [4.78, 5) is 111. The number of aromatic nitrogens is 3. The fraction of sp³-hybridized carbons (Fsp3) is 0.414. The van der Waals surface area contributed by atoms with Crippen LogP contribution in [0, 0.1) is 35.3 Å². The molecular formula is C58H67Cl5N7O18PS. The second-order valence-corrected chi connectivity index (χ2v) is 26.0. The number of sulfone groups is 1. The van der Waals surface area contributed by atoms with Crippen molar-refractivity contribution in [2.45, 2.75) is 101 Å². The van der Waals surface area contributed by atoms with E-state index in [9.17, 15) is 56.7 Å². The number of terminal acetylenes is 1. The predicted octanol–water partition coefficient (Wildman–Crippen LogP) is 8.37. The maximum Gasteiger partial charge on any atom is 0.350 e. The molecule has 4 N–H and O–H groups in total. The third-order valence-corrected chi connectivity index (χ3v) is 16.3. The van der Waals surface area contributed by atoms with Crippen LogP contribution in [0.15, 0.2) is 82.5 Å². The van der Waals surface area contributed by atoms with Gasteiger partial charge < -0.3 is 38.9 Å². The van der Waals surface area contributed by atoms with Crippen molar-refractivity contribution in [1.29, 1.82) is 0 Å². The summed E-state index contributed by atoms with van der Waals surface area (Å²) in [6, 6.07) is 19.2. The van der Waals surface area contributed by atoms with Crippen LogP contribution in [0.4, 0.5) is 17.1 Å². The number of para-hydroxylation sites is 3. The van der Waals surface area contributed by atoms with Crippen molar-refractivity contribution in [3.8, 4) is 29.5 Å². The number of nitrogens with one attached hydrogen (secondary N) is 1. The van der Waals surface area contributed by atoms with Gasteiger partial charge in [-0.25, -0.2) is 13.2 Å². The van der Waals surface area contributed by atoms with Gasteiger partial charge in [-0.3, -0.25) is 53.3 Å². The maximum absolute atomic E-state index is 12.5. The Morgan fingerprint density at radius 1 is 0.978 bits per heavy atom. The first-order chi connectivity index (χ1) is 42.3. The standard InChI is InChI=1S/C15H13Cl2N3O2.C15H22ClNO2.C14H13NO7S.C11H11Cl2NO2.C3H8NO5P/c1-2-7-22-13-9-12(10(16)8-11(13)17)20-15(21)19-6-4-3-5-14(19)18-20;1-5-13-8-6-7-11(2)15(13)17(14(18)9-16)12(3)10-19-4;1-23(21,22)8-5-6-9(10(7-8)15(19)20)14(18)13-11(16)3-2-4-12(13)17;1-7-6-16-9-5-3-2-4-8(9)14(7)11(15)10(12)13;5-3(6)1-4-2-10(7,8)9/h1,8-9H,3-7H2;6-8,12H,5,9-10H2,1-4H3;5-7,13H,2-4H2,1H3;2-5,7,10H,6H2,1H3;4H,1-2H2,(H,5,6)(H2,7,8,9). The smallest absolute Gasteiger partial charge is 0.350 e. The SMILES string of the molecule is C#CCOc1cc(-n2nc3n(c2=O)CCCC3)c(Cl)cc1Cl.CC1COc2ccccc2N1C(=O)C(Cl)Cl.CCc1cccc(C)c1N(C(=O)CCl)C(C)COC.CS(=O)(=O)c1ccc(C(=O)C2C(=O)CCCC2=O)c([N+](=O)[O-])c1.O=C(O)CNCP(=O)(O)O. The highest BCUT2D eigenvalue weighted by Crippen LogP contribution is 2.36. The van der Waals surface area contributed by atoms with Gasteiger partial charge >= 0.3 is 19.3 Å². The van der Waals surface area contributed by atoms with Gasteiger partial charge in [0.15, 0.2) is 32.0 Å². The van der Waals surface area contributed by atoms with Gasteiger partial charge in [0.25, 0.3) is 11.6 Å². The van der Waals surface area contributed by atoms with Crippen molar-refractivity contribution >= 4 is 128 Å². The zero-order valence-corrected chi connectivity index (χ0v) is 55.1. The highest BCUT2D eigenvalue weighted by molar-refractivity contribution is 7.90. The average molecular weight is 1390 g/mol. The number of carboxylic acid groups (broad SMARTS) is 1. The van der Waals surface area contributed by atoms with E-state index in [-0.39, 0.29) is 59.8 Å². The summed E-state index contributed by atoms with van der Waals surface area (Å²) in [6.07, 6.45) is 9.62. The van der Waals surface area contributed by atoms with Crippen molar-refractivity contribution < 1.29 is 75.8 Å². The molecule has 3 heterocycles. The minimum Gasteiger partial charge on any atom is -0.489 e. The molecule has 90 heavy (non-hydrogen) atoms. The van der Waals surface area contributed by atoms with E-state index >= 15 is 0 Å². The van der Waals surface area contributed by atoms with Gasteiger partial charge in [0.05, 0.1) is 74.0 Å². The number of rotatable bonds is 18. The number of carbonyl (C=O) groups is 6. The fourth-order valence-electron chi connectivity index (χ4n) is 9.29. The number of ether oxygens (including phenoxy) is 3. The molecule has 2 unspecified atom stereocenters. The number of nitro benzene ring substituents is 1. The number of halogens is 5. The molecule has 2 aliphatic heterocycles. The number of alkyl halides is 3. The number of aliphatic carboxylic acids is 1. The minimum absolute atomic E-state index is 0.0223. The van der Waals surface area contributed by atoms with Crippen LogP contribution in [0.5, 0.6) is 11.5 Å². The lowest BCUT2D eigenvalue weighted by Crippen LogP contribution is -2.47. The number of benzene rings is 4. The summed E-state index contributed by atoms with van der Waals surface area (Å²) >= 11 is 29.3. The first kappa shape index (κ1) is 75.7. The maximum atomic E-state index is 12.5. The van der Waals surface area contributed by atoms with E-state index in [0.29, 0.717) is 53.4 Å². The van der Waals surface area contributed by atoms with Gasteiger partial charge in [-0.15, -0.1) is 23.1 Å². The highest BCUT2D eigenvalue weighted by atomic mass is 35.5. The number of hydrogen-bond donors (Lipinski definition) is 4. The number of carbonyl (C=O) groups excluding carboxylic acids is 5. The van der Waals surface area contributed by atoms with E-state index in [1.807, 2.05) is 57.2 Å². The van der Waals surface area contributed by atoms with Crippen LogP contribution in [0.25, 0.3) is 5.69 Å². The lowest BCUT2D eigenvalue weighted by molar-refractivity contribution is -0.385. The van der Waals surface area contributed by atoms with E-state index in [4.69, 9.17) is 93.5 Å². The number of carboxylic acids is 1. The number of Topliss-reactive ketones (excluding diaryl/α,β-unsaturated/α-hetero) is 3. The molecule has 0 saturated heterocycles. The third-order valence-electron chi connectivity index (χ3n) is 13.4. The molecule has 1 saturated carbocycles. The zero-order chi connectivity index (χ0) is 67.4. The number of nitrogens with zero attached hydrogens (tertiary/aromatic N) is 6. The quantitative estimate of drug-likeness (QED) is 0.0122. The van der Waals surface area contributed by atoms with Crippen LogP contribution < -0.4 is 30.3 Å². The number of ketones is 3. The first-order valence-electron chi connectivity index (χ1n) is 27.4. The van der Waals surface area contributed by atoms with Crippen LogP contribution >= 0.6 is 65.6 Å². The Morgan fingerprint density at radius 2 is 1.64 bits per heavy atom. The highest BCUT2D eigenvalue weighted by Gasteiger charge is 2.39. The predicted molar refractivity (Wildman–Crippen MR) is 340 cm³/mol. The minimum atomic E-state index is -4.10. The topological polar surface area (TPSA) is 343 Å². The van der Waals surface area contributed by atoms with Gasteiger partial charge in [0.2, 0.25) is 5.91 Å². The van der Waals surface area contributed by atoms with Gasteiger partial charge in [-0.05, 0) is 87.9 Å². The molecule has 1 fully saturated rings. The molecule has 25 nitrogen and oxygen atoms in total. The average Bonchev–Trinajstić information content (AvgIpc) is 1.51. The Balaban J connectivity index is 0.000000246. The Hall–Kier alpha value is -6.73. The molecule has 1 aliphatic carbocycles. The van der Waals surface area contributed by atoms with E-state index in [2.05, 4.69) is 29.3 Å². The molecule has 2 amide bonds. The molecule has 5 aromatic rings. The van der Waals surface area contributed by atoms with Gasteiger partial charge in [0.1, 0.15) is 42.3 Å². The zero-order valence-electron chi connectivity index (χ0n) is 49.6. The van der Waals surface area contributed by atoms with E-state index in [0.717, 1.165) is 78.5 Å². The van der Waals surface area contributed by atoms with Crippen LogP contribution in [0.1, 0.15) is 80.2 Å². The lowest BCUT2D eigenvalue weighted by atomic mass is 9.81. The van der Waals surface area contributed by atoms with Crippen LogP contribution in [-0.4, -0.2) is 147 Å². The Kier molecular flexibility index (Phi) is 29.6. The monoisotopic (exact) mass is 1390 g/mol. The van der Waals surface area contributed by atoms with Crippen molar-refractivity contribution in [1.82, 2.24) is 19.7 Å². The summed E-state index contributed by atoms with van der Waals surface area (Å²) in [5.74, 6) is -0.988. The van der Waals surface area contributed by atoms with Crippen molar-refractivity contribution in [3.63, 3.8) is 0 Å². The second-order valence-electron chi connectivity index (χ2n) is 20.2. The van der Waals surface area contributed by atoms with E-state index in [1.54, 1.807) is 27.5 Å². The Labute approximate surface area is 544 Å². The van der Waals surface area contributed by atoms with Gasteiger partial charge in [-0.2, -0.15) is 4.68 Å². The summed E-state index contributed by atoms with van der Waals surface area (Å²) in [7, 11) is -6.16. The molecular weight excluding hydrogens is 1320 g/mol. The molecule has 0 bridgehead atoms. The normalized spacial score (nSPS) is 14.8. The molecule has 32 heteroatoms.